The number of aromatic nitrogens is 1. The predicted octanol–water partition coefficient (Wildman–Crippen LogP) is 2.52. The number of nitrogens with one attached hydrogen (secondary N) is 1. The summed E-state index contributed by atoms with van der Waals surface area (Å²) in [5, 5.41) is 4.61. The van der Waals surface area contributed by atoms with Gasteiger partial charge in [-0.25, -0.2) is 4.98 Å². The minimum Gasteiger partial charge on any atom is -0.368 e. The highest BCUT2D eigenvalue weighted by Crippen LogP contribution is 2.37. The molecule has 1 aliphatic carbocycles. The third-order valence-electron chi connectivity index (χ3n) is 4.42. The maximum atomic E-state index is 5.98. The maximum Gasteiger partial charge on any atom is 0.123 e. The van der Waals surface area contributed by atoms with E-state index in [1.54, 1.807) is 0 Å². The number of ether oxygens (including phenoxy) is 1. The molecule has 2 atom stereocenters. The number of aryl methyl sites for hydroxylation is 1. The van der Waals surface area contributed by atoms with Crippen LogP contribution in [-0.4, -0.2) is 42.7 Å². The van der Waals surface area contributed by atoms with Gasteiger partial charge in [-0.15, -0.1) is 11.3 Å². The van der Waals surface area contributed by atoms with Crippen molar-refractivity contribution in [3.63, 3.8) is 0 Å². The summed E-state index contributed by atoms with van der Waals surface area (Å²) in [6.45, 7) is 7.35. The Bertz CT molecular complexity index is 460. The van der Waals surface area contributed by atoms with Crippen LogP contribution in [0.3, 0.4) is 0 Å². The van der Waals surface area contributed by atoms with Crippen molar-refractivity contribution in [2.75, 3.05) is 26.7 Å². The van der Waals surface area contributed by atoms with Gasteiger partial charge >= 0.3 is 0 Å². The van der Waals surface area contributed by atoms with Crippen molar-refractivity contribution in [3.8, 4) is 0 Å². The maximum absolute atomic E-state index is 5.98. The Morgan fingerprint density at radius 2 is 2.30 bits per heavy atom. The van der Waals surface area contributed by atoms with Crippen LogP contribution in [0.15, 0.2) is 0 Å². The molecule has 1 fully saturated rings. The molecule has 0 spiro atoms. The molecule has 3 rings (SSSR count). The molecule has 0 saturated carbocycles. The molecule has 0 bridgehead atoms. The van der Waals surface area contributed by atoms with Gasteiger partial charge in [0.25, 0.3) is 0 Å². The smallest absolute Gasteiger partial charge is 0.123 e. The van der Waals surface area contributed by atoms with Gasteiger partial charge in [0.15, 0.2) is 0 Å². The molecule has 112 valence electrons. The van der Waals surface area contributed by atoms with E-state index in [-0.39, 0.29) is 6.10 Å². The average molecular weight is 295 g/mol. The van der Waals surface area contributed by atoms with Gasteiger partial charge in [0.05, 0.1) is 12.3 Å². The zero-order valence-electron chi connectivity index (χ0n) is 12.7. The molecule has 4 nitrogen and oxygen atoms in total. The van der Waals surface area contributed by atoms with Crippen molar-refractivity contribution < 1.29 is 4.74 Å². The van der Waals surface area contributed by atoms with Crippen molar-refractivity contribution in [1.82, 2.24) is 15.2 Å². The van der Waals surface area contributed by atoms with E-state index in [4.69, 9.17) is 9.72 Å². The molecule has 0 aromatic carbocycles. The lowest BCUT2D eigenvalue weighted by Crippen LogP contribution is -2.42. The lowest BCUT2D eigenvalue weighted by molar-refractivity contribution is -0.0403. The summed E-state index contributed by atoms with van der Waals surface area (Å²) in [6.07, 6.45) is 3.77. The molecule has 1 saturated heterocycles. The van der Waals surface area contributed by atoms with Crippen molar-refractivity contribution in [2.24, 2.45) is 0 Å². The summed E-state index contributed by atoms with van der Waals surface area (Å²) in [5.74, 6) is 0. The first-order valence-electron chi connectivity index (χ1n) is 7.71. The van der Waals surface area contributed by atoms with E-state index in [1.807, 2.05) is 11.3 Å². The lowest BCUT2D eigenvalue weighted by Gasteiger charge is -2.34. The number of morpholine rings is 1. The third kappa shape index (κ3) is 2.77. The summed E-state index contributed by atoms with van der Waals surface area (Å²) in [7, 11) is 2.05. The number of hydrogen-bond donors (Lipinski definition) is 1. The molecular formula is C15H25N3OS. The molecule has 1 aliphatic heterocycles. The number of fused-ring (bicyclic) bond motifs is 1. The molecule has 5 heteroatoms. The first kappa shape index (κ1) is 14.4. The van der Waals surface area contributed by atoms with Crippen molar-refractivity contribution >= 4 is 11.3 Å². The SMILES string of the molecule is CNC1CCCc2nc(C3CN(C(C)C)CCO3)sc21. The van der Waals surface area contributed by atoms with E-state index in [9.17, 15) is 0 Å². The van der Waals surface area contributed by atoms with Crippen LogP contribution >= 0.6 is 11.3 Å². The van der Waals surface area contributed by atoms with E-state index >= 15 is 0 Å². The van der Waals surface area contributed by atoms with Crippen LogP contribution in [0.1, 0.15) is 54.4 Å². The second-order valence-electron chi connectivity index (χ2n) is 6.04. The first-order chi connectivity index (χ1) is 9.69. The Hall–Kier alpha value is -0.490. The van der Waals surface area contributed by atoms with Gasteiger partial charge in [0.2, 0.25) is 0 Å². The number of hydrogen-bond acceptors (Lipinski definition) is 5. The number of rotatable bonds is 3. The Morgan fingerprint density at radius 3 is 3.05 bits per heavy atom. The summed E-state index contributed by atoms with van der Waals surface area (Å²) >= 11 is 1.86. The van der Waals surface area contributed by atoms with Gasteiger partial charge in [0.1, 0.15) is 11.1 Å². The molecule has 2 aliphatic rings. The van der Waals surface area contributed by atoms with E-state index in [0.29, 0.717) is 12.1 Å². The Kier molecular flexibility index (Phi) is 4.40. The highest BCUT2D eigenvalue weighted by atomic mass is 32.1. The van der Waals surface area contributed by atoms with Crippen LogP contribution in [-0.2, 0) is 11.2 Å². The topological polar surface area (TPSA) is 37.4 Å². The van der Waals surface area contributed by atoms with Crippen molar-refractivity contribution in [3.05, 3.63) is 15.6 Å². The van der Waals surface area contributed by atoms with Crippen molar-refractivity contribution in [2.45, 2.75) is 51.3 Å². The molecule has 2 unspecified atom stereocenters. The Morgan fingerprint density at radius 1 is 1.45 bits per heavy atom. The van der Waals surface area contributed by atoms with Crippen LogP contribution in [0.5, 0.6) is 0 Å². The molecule has 1 N–H and O–H groups in total. The van der Waals surface area contributed by atoms with E-state index in [2.05, 4.69) is 31.1 Å². The predicted molar refractivity (Wildman–Crippen MR) is 82.3 cm³/mol. The van der Waals surface area contributed by atoms with Crippen LogP contribution in [0, 0.1) is 0 Å². The third-order valence-corrected chi connectivity index (χ3v) is 5.72. The molecule has 0 radical (unpaired) electrons. The van der Waals surface area contributed by atoms with Crippen LogP contribution in [0.4, 0.5) is 0 Å². The fraction of sp³-hybridized carbons (Fsp3) is 0.800. The summed E-state index contributed by atoms with van der Waals surface area (Å²) < 4.78 is 5.98. The number of thiazole rings is 1. The lowest BCUT2D eigenvalue weighted by atomic mass is 9.98. The zero-order chi connectivity index (χ0) is 14.1. The normalized spacial score (nSPS) is 27.8. The Labute approximate surface area is 125 Å². The van der Waals surface area contributed by atoms with Gasteiger partial charge in [-0.05, 0) is 40.2 Å². The molecule has 1 aromatic heterocycles. The van der Waals surface area contributed by atoms with Crippen LogP contribution in [0.2, 0.25) is 0 Å². The largest absolute Gasteiger partial charge is 0.368 e. The zero-order valence-corrected chi connectivity index (χ0v) is 13.5. The van der Waals surface area contributed by atoms with E-state index in [1.165, 1.54) is 28.4 Å². The highest BCUT2D eigenvalue weighted by molar-refractivity contribution is 7.11. The fourth-order valence-electron chi connectivity index (χ4n) is 3.14. The van der Waals surface area contributed by atoms with Crippen molar-refractivity contribution in [1.29, 1.82) is 0 Å². The second-order valence-corrected chi connectivity index (χ2v) is 7.11. The second kappa shape index (κ2) is 6.10. The van der Waals surface area contributed by atoms with Gasteiger partial charge in [0, 0.05) is 30.1 Å². The van der Waals surface area contributed by atoms with Gasteiger partial charge < -0.3 is 10.1 Å². The van der Waals surface area contributed by atoms with E-state index in [0.717, 1.165) is 26.1 Å². The summed E-state index contributed by atoms with van der Waals surface area (Å²) in [6, 6.07) is 1.08. The highest BCUT2D eigenvalue weighted by Gasteiger charge is 2.29. The van der Waals surface area contributed by atoms with Gasteiger partial charge in [-0.1, -0.05) is 0 Å². The monoisotopic (exact) mass is 295 g/mol. The molecule has 1 aromatic rings. The Balaban J connectivity index is 1.79. The molecular weight excluding hydrogens is 270 g/mol. The van der Waals surface area contributed by atoms with Crippen LogP contribution < -0.4 is 5.32 Å². The van der Waals surface area contributed by atoms with E-state index < -0.39 is 0 Å². The van der Waals surface area contributed by atoms with Gasteiger partial charge in [-0.3, -0.25) is 4.90 Å². The summed E-state index contributed by atoms with van der Waals surface area (Å²) in [4.78, 5) is 8.83. The fourth-order valence-corrected chi connectivity index (χ4v) is 4.44. The minimum atomic E-state index is 0.166. The molecule has 2 heterocycles. The quantitative estimate of drug-likeness (QED) is 0.930. The van der Waals surface area contributed by atoms with Gasteiger partial charge in [-0.2, -0.15) is 0 Å². The summed E-state index contributed by atoms with van der Waals surface area (Å²) in [5.41, 5.74) is 1.31. The number of nitrogens with zero attached hydrogens (tertiary/aromatic N) is 2. The first-order valence-corrected chi connectivity index (χ1v) is 8.53. The average Bonchev–Trinajstić information content (AvgIpc) is 2.91. The molecule has 0 amide bonds. The minimum absolute atomic E-state index is 0.166. The molecule has 20 heavy (non-hydrogen) atoms. The van der Waals surface area contributed by atoms with Crippen LogP contribution in [0.25, 0.3) is 0 Å². The standard InChI is InChI=1S/C15H25N3OS/c1-10(2)18-7-8-19-13(9-18)15-17-12-6-4-5-11(16-3)14(12)20-15/h10-11,13,16H,4-9H2,1-3H3.